The molecule has 1 rings (SSSR count). The smallest absolute Gasteiger partial charge is 0.149 e. The van der Waals surface area contributed by atoms with Gasteiger partial charge in [-0.3, -0.25) is 4.99 Å². The molecule has 1 unspecified atom stereocenters. The van der Waals surface area contributed by atoms with E-state index in [1.54, 1.807) is 19.2 Å². The molecule has 0 radical (unpaired) electrons. The summed E-state index contributed by atoms with van der Waals surface area (Å²) in [5, 5.41) is 17.4. The minimum Gasteiger partial charge on any atom is -0.497 e. The van der Waals surface area contributed by atoms with Crippen LogP contribution in [0.2, 0.25) is 0 Å². The molecule has 1 aromatic carbocycles. The maximum atomic E-state index is 8.86. The van der Waals surface area contributed by atoms with Gasteiger partial charge in [-0.15, -0.1) is 0 Å². The van der Waals surface area contributed by atoms with Crippen LogP contribution in [0.4, 0.5) is 5.69 Å². The Hall–Kier alpha value is -2.05. The lowest BCUT2D eigenvalue weighted by atomic mass is 10.1. The molecule has 0 bridgehead atoms. The second-order valence-corrected chi connectivity index (χ2v) is 4.39. The quantitative estimate of drug-likeness (QED) is 0.780. The Morgan fingerprint density at radius 2 is 2.11 bits per heavy atom. The zero-order chi connectivity index (χ0) is 14.3. The van der Waals surface area contributed by atoms with Gasteiger partial charge in [0.1, 0.15) is 17.2 Å². The second kappa shape index (κ2) is 7.40. The van der Waals surface area contributed by atoms with Crippen LogP contribution in [0.1, 0.15) is 6.42 Å². The van der Waals surface area contributed by atoms with Gasteiger partial charge in [0.05, 0.1) is 43.2 Å². The minimum absolute atomic E-state index is 0.107. The maximum Gasteiger partial charge on any atom is 0.149 e. The number of hydrogen-bond donors (Lipinski definition) is 0. The molecule has 0 spiro atoms. The number of hydrogen-bond acceptors (Lipinski definition) is 5. The van der Waals surface area contributed by atoms with Crippen LogP contribution >= 0.6 is 15.9 Å². The fraction of sp³-hybridized carbons (Fsp3) is 0.308. The molecule has 0 N–H and O–H groups in total. The molecule has 0 aromatic heterocycles. The first-order chi connectivity index (χ1) is 9.15. The number of halogens is 1. The van der Waals surface area contributed by atoms with Crippen molar-refractivity contribution in [3.8, 4) is 23.6 Å². The molecule has 0 fully saturated rings. The van der Waals surface area contributed by atoms with Gasteiger partial charge in [-0.25, -0.2) is 0 Å². The summed E-state index contributed by atoms with van der Waals surface area (Å²) < 4.78 is 11.0. The summed E-state index contributed by atoms with van der Waals surface area (Å²) in [6.45, 7) is 0. The number of nitrogens with zero attached hydrogens (tertiary/aromatic N) is 3. The highest BCUT2D eigenvalue weighted by atomic mass is 79.9. The van der Waals surface area contributed by atoms with Crippen molar-refractivity contribution in [2.24, 2.45) is 10.9 Å². The third kappa shape index (κ3) is 3.97. The normalized spacial score (nSPS) is 11.6. The molecule has 0 aliphatic heterocycles. The van der Waals surface area contributed by atoms with E-state index in [1.165, 1.54) is 13.3 Å². The van der Waals surface area contributed by atoms with Gasteiger partial charge in [-0.2, -0.15) is 10.5 Å². The van der Waals surface area contributed by atoms with E-state index in [0.29, 0.717) is 21.7 Å². The molecule has 98 valence electrons. The van der Waals surface area contributed by atoms with Crippen LogP contribution in [-0.2, 0) is 0 Å². The summed E-state index contributed by atoms with van der Waals surface area (Å²) >= 11 is 3.37. The van der Waals surface area contributed by atoms with Crippen LogP contribution in [0.25, 0.3) is 0 Å². The van der Waals surface area contributed by atoms with Gasteiger partial charge in [0.2, 0.25) is 0 Å². The minimum atomic E-state index is -0.538. The van der Waals surface area contributed by atoms with Crippen LogP contribution < -0.4 is 9.47 Å². The van der Waals surface area contributed by atoms with Gasteiger partial charge >= 0.3 is 0 Å². The van der Waals surface area contributed by atoms with E-state index < -0.39 is 5.92 Å². The van der Waals surface area contributed by atoms with Crippen LogP contribution in [0.3, 0.4) is 0 Å². The average molecular weight is 322 g/mol. The van der Waals surface area contributed by atoms with E-state index in [4.69, 9.17) is 20.0 Å². The Morgan fingerprint density at radius 3 is 2.63 bits per heavy atom. The zero-order valence-corrected chi connectivity index (χ0v) is 12.1. The van der Waals surface area contributed by atoms with E-state index in [1.807, 2.05) is 12.1 Å². The highest BCUT2D eigenvalue weighted by Gasteiger charge is 2.10. The molecule has 0 saturated heterocycles. The summed E-state index contributed by atoms with van der Waals surface area (Å²) in [4.78, 5) is 4.22. The van der Waals surface area contributed by atoms with E-state index in [2.05, 4.69) is 20.9 Å². The van der Waals surface area contributed by atoms with Crippen molar-refractivity contribution >= 4 is 27.8 Å². The Labute approximate surface area is 120 Å². The molecule has 5 nitrogen and oxygen atoms in total. The van der Waals surface area contributed by atoms with Gasteiger partial charge in [-0.05, 0) is 22.0 Å². The first-order valence-corrected chi connectivity index (χ1v) is 6.17. The van der Waals surface area contributed by atoms with Crippen LogP contribution in [0.15, 0.2) is 21.6 Å². The Balaban J connectivity index is 3.11. The van der Waals surface area contributed by atoms with Gasteiger partial charge < -0.3 is 9.47 Å². The molecule has 0 amide bonds. The highest BCUT2D eigenvalue weighted by molar-refractivity contribution is 9.10. The first kappa shape index (κ1) is 15.0. The number of methoxy groups -OCH3 is 2. The van der Waals surface area contributed by atoms with E-state index >= 15 is 0 Å². The summed E-state index contributed by atoms with van der Waals surface area (Å²) in [7, 11) is 3.08. The Kier molecular flexibility index (Phi) is 5.84. The maximum absolute atomic E-state index is 8.86. The summed E-state index contributed by atoms with van der Waals surface area (Å²) in [5.41, 5.74) is 0.557. The molecule has 0 aliphatic rings. The highest BCUT2D eigenvalue weighted by Crippen LogP contribution is 2.39. The van der Waals surface area contributed by atoms with Crippen molar-refractivity contribution in [3.63, 3.8) is 0 Å². The number of ether oxygens (including phenoxy) is 2. The number of nitriles is 2. The molecule has 1 atom stereocenters. The van der Waals surface area contributed by atoms with Crippen molar-refractivity contribution in [3.05, 3.63) is 16.6 Å². The van der Waals surface area contributed by atoms with Crippen LogP contribution in [0, 0.1) is 28.6 Å². The number of rotatable bonds is 5. The molecule has 6 heteroatoms. The monoisotopic (exact) mass is 321 g/mol. The van der Waals surface area contributed by atoms with E-state index in [9.17, 15) is 0 Å². The third-order valence-corrected chi connectivity index (χ3v) is 2.92. The third-order valence-electron chi connectivity index (χ3n) is 2.32. The fourth-order valence-corrected chi connectivity index (χ4v) is 1.87. The molecular weight excluding hydrogens is 310 g/mol. The van der Waals surface area contributed by atoms with Crippen molar-refractivity contribution < 1.29 is 9.47 Å². The first-order valence-electron chi connectivity index (χ1n) is 5.38. The van der Waals surface area contributed by atoms with Gasteiger partial charge in [0.25, 0.3) is 0 Å². The van der Waals surface area contributed by atoms with Crippen LogP contribution in [0.5, 0.6) is 11.5 Å². The standard InChI is InChI=1S/C13H12BrN3O2/c1-18-10-5-11(14)13(12(6-10)19-2)17-8-9(7-16)3-4-15/h5-6,8-9H,3H2,1-2H3. The van der Waals surface area contributed by atoms with Crippen molar-refractivity contribution in [1.82, 2.24) is 0 Å². The molecule has 0 saturated carbocycles. The van der Waals surface area contributed by atoms with Gasteiger partial charge in [-0.1, -0.05) is 0 Å². The molecule has 0 aliphatic carbocycles. The largest absolute Gasteiger partial charge is 0.497 e. The number of aliphatic imine (C=N–C) groups is 1. The summed E-state index contributed by atoms with van der Waals surface area (Å²) in [6, 6.07) is 7.39. The zero-order valence-electron chi connectivity index (χ0n) is 10.6. The lowest BCUT2D eigenvalue weighted by Crippen LogP contribution is -1.96. The molecular formula is C13H12BrN3O2. The Morgan fingerprint density at radius 1 is 1.37 bits per heavy atom. The molecule has 0 heterocycles. The lowest BCUT2D eigenvalue weighted by molar-refractivity contribution is 0.395. The van der Waals surface area contributed by atoms with E-state index in [-0.39, 0.29) is 6.42 Å². The SMILES string of the molecule is COc1cc(Br)c(N=CC(C#N)CC#N)c(OC)c1. The van der Waals surface area contributed by atoms with Crippen molar-refractivity contribution in [2.45, 2.75) is 6.42 Å². The van der Waals surface area contributed by atoms with Crippen molar-refractivity contribution in [2.75, 3.05) is 14.2 Å². The molecule has 1 aromatic rings. The fourth-order valence-electron chi connectivity index (χ4n) is 1.34. The van der Waals surface area contributed by atoms with E-state index in [0.717, 1.165) is 0 Å². The average Bonchev–Trinajstić information content (AvgIpc) is 2.43. The molecule has 19 heavy (non-hydrogen) atoms. The summed E-state index contributed by atoms with van der Waals surface area (Å²) in [5.74, 6) is 0.622. The predicted molar refractivity (Wildman–Crippen MR) is 74.7 cm³/mol. The van der Waals surface area contributed by atoms with Gasteiger partial charge in [0.15, 0.2) is 0 Å². The lowest BCUT2D eigenvalue weighted by Gasteiger charge is -2.09. The topological polar surface area (TPSA) is 78.4 Å². The number of benzene rings is 1. The summed E-state index contributed by atoms with van der Waals surface area (Å²) in [6.07, 6.45) is 1.55. The van der Waals surface area contributed by atoms with Crippen molar-refractivity contribution in [1.29, 1.82) is 10.5 Å². The predicted octanol–water partition coefficient (Wildman–Crippen LogP) is 3.22. The van der Waals surface area contributed by atoms with Crippen LogP contribution in [-0.4, -0.2) is 20.4 Å². The second-order valence-electron chi connectivity index (χ2n) is 3.54. The van der Waals surface area contributed by atoms with Gasteiger partial charge in [0, 0.05) is 12.3 Å². The Bertz CT molecular complexity index is 558.